The van der Waals surface area contributed by atoms with E-state index < -0.39 is 19.7 Å². The van der Waals surface area contributed by atoms with Crippen LogP contribution < -0.4 is 4.90 Å². The molecule has 42 heavy (non-hydrogen) atoms. The van der Waals surface area contributed by atoms with Crippen molar-refractivity contribution >= 4 is 68.1 Å². The minimum absolute atomic E-state index is 0.175. The Hall–Kier alpha value is -3.76. The molecule has 0 unspecified atom stereocenters. The molecule has 0 bridgehead atoms. The van der Waals surface area contributed by atoms with Gasteiger partial charge in [-0.1, -0.05) is 68.4 Å². The van der Waals surface area contributed by atoms with E-state index in [-0.39, 0.29) is 25.0 Å². The number of anilines is 3. The average Bonchev–Trinajstić information content (AvgIpc) is 3.58. The lowest BCUT2D eigenvalue weighted by Crippen LogP contribution is -2.30. The number of benzene rings is 4. The number of hydrogen-bond donors (Lipinski definition) is 0. The molecule has 0 aliphatic carbocycles. The highest BCUT2D eigenvalue weighted by Gasteiger charge is 2.41. The van der Waals surface area contributed by atoms with Gasteiger partial charge in [0.1, 0.15) is 5.00 Å². The second-order valence-electron chi connectivity index (χ2n) is 11.0. The van der Waals surface area contributed by atoms with E-state index in [2.05, 4.69) is 61.2 Å². The van der Waals surface area contributed by atoms with Crippen molar-refractivity contribution in [3.8, 4) is 11.1 Å². The normalized spacial score (nSPS) is 17.2. The van der Waals surface area contributed by atoms with Crippen molar-refractivity contribution in [2.45, 2.75) is 38.8 Å². The van der Waals surface area contributed by atoms with Gasteiger partial charge in [0, 0.05) is 15.7 Å². The van der Waals surface area contributed by atoms with E-state index in [0.717, 1.165) is 31.3 Å². The first-order valence-electron chi connectivity index (χ1n) is 13.3. The SMILES string of the molecule is CC1(C)c2ccccc2N(c2sc3ccsc3c2-c2ccc3c(c2)S(=O)(=O)c2ccccc2S3(=O)=O)c2ccccc21. The van der Waals surface area contributed by atoms with Crippen molar-refractivity contribution in [2.75, 3.05) is 4.90 Å². The fourth-order valence-electron chi connectivity index (χ4n) is 6.34. The van der Waals surface area contributed by atoms with E-state index in [1.807, 2.05) is 17.5 Å². The van der Waals surface area contributed by atoms with E-state index in [9.17, 15) is 16.8 Å². The summed E-state index contributed by atoms with van der Waals surface area (Å²) >= 11 is 3.25. The molecule has 4 heterocycles. The Kier molecular flexibility index (Phi) is 5.33. The minimum Gasteiger partial charge on any atom is -0.301 e. The summed E-state index contributed by atoms with van der Waals surface area (Å²) in [5, 5.41) is 2.99. The molecule has 0 saturated heterocycles. The molecule has 8 rings (SSSR count). The summed E-state index contributed by atoms with van der Waals surface area (Å²) in [6.07, 6.45) is 0. The van der Waals surface area contributed by atoms with Crippen LogP contribution in [0.1, 0.15) is 25.0 Å². The summed E-state index contributed by atoms with van der Waals surface area (Å²) in [5.74, 6) is 0. The third kappa shape index (κ3) is 3.33. The molecule has 2 aliphatic heterocycles. The third-order valence-corrected chi connectivity index (χ3v) is 14.5. The molecule has 208 valence electrons. The zero-order valence-corrected chi connectivity index (χ0v) is 25.8. The van der Waals surface area contributed by atoms with Crippen molar-refractivity contribution < 1.29 is 16.8 Å². The number of thiophene rings is 2. The summed E-state index contributed by atoms with van der Waals surface area (Å²) in [6, 6.07) is 29.5. The molecule has 2 aromatic heterocycles. The van der Waals surface area contributed by atoms with Gasteiger partial charge < -0.3 is 4.90 Å². The van der Waals surface area contributed by atoms with Gasteiger partial charge in [-0.3, -0.25) is 0 Å². The van der Waals surface area contributed by atoms with Crippen molar-refractivity contribution in [3.05, 3.63) is 114 Å². The maximum Gasteiger partial charge on any atom is 0.209 e. The lowest BCUT2D eigenvalue weighted by Gasteiger charge is -2.41. The Balaban J connectivity index is 1.42. The first-order valence-corrected chi connectivity index (χ1v) is 18.0. The van der Waals surface area contributed by atoms with Crippen molar-refractivity contribution in [2.24, 2.45) is 0 Å². The molecule has 0 saturated carbocycles. The number of rotatable bonds is 2. The molecule has 5 nitrogen and oxygen atoms in total. The van der Waals surface area contributed by atoms with Crippen LogP contribution in [0.5, 0.6) is 0 Å². The molecular formula is C33H23NO4S4. The summed E-state index contributed by atoms with van der Waals surface area (Å²) in [7, 11) is -8.06. The quantitative estimate of drug-likeness (QED) is 0.192. The molecule has 0 radical (unpaired) electrons. The van der Waals surface area contributed by atoms with Crippen LogP contribution in [0.3, 0.4) is 0 Å². The number of hydrogen-bond acceptors (Lipinski definition) is 7. The lowest BCUT2D eigenvalue weighted by molar-refractivity contribution is 0.570. The second-order valence-corrected chi connectivity index (χ2v) is 16.7. The Morgan fingerprint density at radius 2 is 1.19 bits per heavy atom. The predicted octanol–water partition coefficient (Wildman–Crippen LogP) is 8.72. The summed E-state index contributed by atoms with van der Waals surface area (Å²) < 4.78 is 56.9. The Bertz CT molecular complexity index is 2280. The van der Waals surface area contributed by atoms with Crippen LogP contribution in [-0.4, -0.2) is 16.8 Å². The molecule has 2 aliphatic rings. The summed E-state index contributed by atoms with van der Waals surface area (Å²) in [5.41, 5.74) is 5.86. The fraction of sp³-hybridized carbons (Fsp3) is 0.0909. The second kappa shape index (κ2) is 8.64. The topological polar surface area (TPSA) is 71.5 Å². The van der Waals surface area contributed by atoms with Gasteiger partial charge in [0.2, 0.25) is 19.7 Å². The van der Waals surface area contributed by atoms with Gasteiger partial charge >= 0.3 is 0 Å². The van der Waals surface area contributed by atoms with Crippen molar-refractivity contribution in [1.29, 1.82) is 0 Å². The molecular weight excluding hydrogens is 603 g/mol. The lowest BCUT2D eigenvalue weighted by atomic mass is 9.73. The van der Waals surface area contributed by atoms with Crippen LogP contribution in [0.2, 0.25) is 0 Å². The van der Waals surface area contributed by atoms with Crippen LogP contribution in [0.25, 0.3) is 20.5 Å². The summed E-state index contributed by atoms with van der Waals surface area (Å²) in [6.45, 7) is 4.48. The molecule has 6 aromatic rings. The minimum atomic E-state index is -4.06. The highest BCUT2D eigenvalue weighted by atomic mass is 32.2. The first-order chi connectivity index (χ1) is 20.1. The first kappa shape index (κ1) is 25.9. The predicted molar refractivity (Wildman–Crippen MR) is 169 cm³/mol. The third-order valence-electron chi connectivity index (χ3n) is 8.36. The zero-order chi connectivity index (χ0) is 29.0. The van der Waals surface area contributed by atoms with E-state index in [1.165, 1.54) is 29.3 Å². The van der Waals surface area contributed by atoms with Crippen LogP contribution in [0.4, 0.5) is 16.4 Å². The Morgan fingerprint density at radius 3 is 1.83 bits per heavy atom. The molecule has 0 spiro atoms. The van der Waals surface area contributed by atoms with Crippen molar-refractivity contribution in [1.82, 2.24) is 0 Å². The average molecular weight is 626 g/mol. The smallest absolute Gasteiger partial charge is 0.209 e. The summed E-state index contributed by atoms with van der Waals surface area (Å²) in [4.78, 5) is 1.57. The van der Waals surface area contributed by atoms with Gasteiger partial charge in [-0.2, -0.15) is 0 Å². The fourth-order valence-corrected chi connectivity index (χ4v) is 12.9. The molecule has 4 aromatic carbocycles. The van der Waals surface area contributed by atoms with E-state index >= 15 is 0 Å². The Labute approximate surface area is 252 Å². The van der Waals surface area contributed by atoms with Crippen LogP contribution in [0.15, 0.2) is 122 Å². The number of fused-ring (bicyclic) bond motifs is 5. The van der Waals surface area contributed by atoms with Crippen LogP contribution >= 0.6 is 22.7 Å². The standard InChI is InChI=1S/C33H23NO4S4/c1-33(2)21-9-3-5-11-23(21)34(24-12-6-4-10-22(24)33)32-30(31-25(40-32)17-18-39-31)20-15-16-28-29(19-20)42(37,38)27-14-8-7-13-26(27)41(28,35)36/h3-19H,1-2H3. The van der Waals surface area contributed by atoms with Gasteiger partial charge in [0.15, 0.2) is 0 Å². The number of nitrogens with zero attached hydrogens (tertiary/aromatic N) is 1. The zero-order valence-electron chi connectivity index (χ0n) is 22.5. The number of sulfone groups is 2. The van der Waals surface area contributed by atoms with E-state index in [4.69, 9.17) is 0 Å². The van der Waals surface area contributed by atoms with Crippen LogP contribution in [-0.2, 0) is 25.1 Å². The van der Waals surface area contributed by atoms with Gasteiger partial charge in [-0.25, -0.2) is 16.8 Å². The van der Waals surface area contributed by atoms with Gasteiger partial charge in [0.25, 0.3) is 0 Å². The maximum atomic E-state index is 13.8. The van der Waals surface area contributed by atoms with E-state index in [0.29, 0.717) is 5.56 Å². The van der Waals surface area contributed by atoms with E-state index in [1.54, 1.807) is 46.9 Å². The number of para-hydroxylation sites is 2. The molecule has 9 heteroatoms. The highest BCUT2D eigenvalue weighted by Crippen LogP contribution is 2.57. The van der Waals surface area contributed by atoms with Gasteiger partial charge in [-0.05, 0) is 64.5 Å². The molecule has 0 atom stereocenters. The van der Waals surface area contributed by atoms with Gasteiger partial charge in [-0.15, -0.1) is 22.7 Å². The Morgan fingerprint density at radius 1 is 0.643 bits per heavy atom. The van der Waals surface area contributed by atoms with Gasteiger partial charge in [0.05, 0.1) is 35.7 Å². The monoisotopic (exact) mass is 625 g/mol. The molecule has 0 amide bonds. The maximum absolute atomic E-state index is 13.8. The van der Waals surface area contributed by atoms with Crippen LogP contribution in [0, 0.1) is 0 Å². The largest absolute Gasteiger partial charge is 0.301 e. The molecule has 0 fully saturated rings. The molecule has 0 N–H and O–H groups in total. The highest BCUT2D eigenvalue weighted by molar-refractivity contribution is 7.97. The van der Waals surface area contributed by atoms with Crippen molar-refractivity contribution in [3.63, 3.8) is 0 Å².